The zero-order valence-corrected chi connectivity index (χ0v) is 6.43. The van der Waals surface area contributed by atoms with Gasteiger partial charge in [-0.2, -0.15) is 9.98 Å². The summed E-state index contributed by atoms with van der Waals surface area (Å²) in [4.78, 5) is 17.4. The highest BCUT2D eigenvalue weighted by Gasteiger charge is 2.42. The minimum Gasteiger partial charge on any atom is -0.260 e. The summed E-state index contributed by atoms with van der Waals surface area (Å²) in [5, 5.41) is 10.5. The first-order valence-corrected chi connectivity index (χ1v) is 3.59. The summed E-state index contributed by atoms with van der Waals surface area (Å²) in [5.74, 6) is -1.51. The zero-order valence-electron chi connectivity index (χ0n) is 6.43. The second-order valence-corrected chi connectivity index (χ2v) is 2.44. The van der Waals surface area contributed by atoms with Crippen molar-refractivity contribution in [3.63, 3.8) is 0 Å². The average molecular weight is 169 g/mol. The van der Waals surface area contributed by atoms with E-state index in [4.69, 9.17) is 5.73 Å². The predicted molar refractivity (Wildman–Crippen MR) is 43.9 cm³/mol. The summed E-state index contributed by atoms with van der Waals surface area (Å²) in [6, 6.07) is 0. The van der Waals surface area contributed by atoms with Crippen LogP contribution in [0.25, 0.3) is 0 Å². The van der Waals surface area contributed by atoms with Crippen LogP contribution >= 0.6 is 0 Å². The Kier molecular flexibility index (Phi) is 2.49. The lowest BCUT2D eigenvalue weighted by Crippen LogP contribution is -2.32. The van der Waals surface area contributed by atoms with Gasteiger partial charge < -0.3 is 0 Å². The summed E-state index contributed by atoms with van der Waals surface area (Å²) in [6.45, 7) is 0.167. The highest BCUT2D eigenvalue weighted by molar-refractivity contribution is 6.17. The molecule has 0 aliphatic carbocycles. The molecule has 0 amide bonds. The van der Waals surface area contributed by atoms with Gasteiger partial charge in [0.15, 0.2) is 0 Å². The van der Waals surface area contributed by atoms with Gasteiger partial charge in [-0.05, 0) is 6.42 Å². The topological polar surface area (TPSA) is 91.7 Å². The molecule has 1 radical (unpaired) electrons. The first-order valence-electron chi connectivity index (χ1n) is 3.59. The first kappa shape index (κ1) is 8.79. The molecular formula is C6H9N4O2. The lowest BCUT2D eigenvalue weighted by molar-refractivity contribution is -0.566. The molecule has 1 heterocycles. The molecule has 1 aliphatic rings. The number of nitrogens with one attached hydrogen (secondary N) is 1. The standard InChI is InChI=1S/C6H9N4O2/c7-3-1-2-6(10(11)12)8-4-5-9-6/h4-5,7H,1-3H2. The Morgan fingerprint density at radius 3 is 2.50 bits per heavy atom. The fourth-order valence-corrected chi connectivity index (χ4v) is 0.979. The largest absolute Gasteiger partial charge is 0.411 e. The van der Waals surface area contributed by atoms with E-state index < -0.39 is 10.7 Å². The van der Waals surface area contributed by atoms with Crippen LogP contribution in [0.3, 0.4) is 0 Å². The van der Waals surface area contributed by atoms with Crippen LogP contribution in [-0.4, -0.2) is 29.7 Å². The molecule has 12 heavy (non-hydrogen) atoms. The van der Waals surface area contributed by atoms with Crippen molar-refractivity contribution in [1.29, 1.82) is 0 Å². The van der Waals surface area contributed by atoms with Crippen LogP contribution in [-0.2, 0) is 0 Å². The monoisotopic (exact) mass is 169 g/mol. The van der Waals surface area contributed by atoms with Crippen LogP contribution in [0.4, 0.5) is 0 Å². The van der Waals surface area contributed by atoms with Crippen molar-refractivity contribution in [2.75, 3.05) is 6.54 Å². The maximum Gasteiger partial charge on any atom is 0.411 e. The number of nitrogens with zero attached hydrogens (tertiary/aromatic N) is 3. The summed E-state index contributed by atoms with van der Waals surface area (Å²) < 4.78 is 0. The molecule has 6 nitrogen and oxygen atoms in total. The van der Waals surface area contributed by atoms with Crippen LogP contribution in [0.1, 0.15) is 12.8 Å². The molecule has 1 N–H and O–H groups in total. The lowest BCUT2D eigenvalue weighted by Gasteiger charge is -2.11. The maximum atomic E-state index is 10.5. The molecule has 0 unspecified atom stereocenters. The van der Waals surface area contributed by atoms with Crippen LogP contribution in [0, 0.1) is 10.1 Å². The van der Waals surface area contributed by atoms with E-state index in [0.29, 0.717) is 6.42 Å². The minimum absolute atomic E-state index is 0.167. The zero-order chi connectivity index (χ0) is 9.03. The third kappa shape index (κ3) is 1.48. The molecule has 0 saturated heterocycles. The molecule has 65 valence electrons. The van der Waals surface area contributed by atoms with E-state index in [2.05, 4.69) is 9.98 Å². The van der Waals surface area contributed by atoms with E-state index in [-0.39, 0.29) is 13.0 Å². The Balaban J connectivity index is 2.67. The van der Waals surface area contributed by atoms with Crippen molar-refractivity contribution in [3.05, 3.63) is 10.1 Å². The van der Waals surface area contributed by atoms with Crippen molar-refractivity contribution in [2.45, 2.75) is 18.6 Å². The molecule has 6 heteroatoms. The summed E-state index contributed by atoms with van der Waals surface area (Å²) in [5.41, 5.74) is 6.87. The van der Waals surface area contributed by atoms with Crippen LogP contribution in [0.5, 0.6) is 0 Å². The summed E-state index contributed by atoms with van der Waals surface area (Å²) >= 11 is 0. The van der Waals surface area contributed by atoms with Gasteiger partial charge in [-0.3, -0.25) is 15.8 Å². The average Bonchev–Trinajstić information content (AvgIpc) is 2.50. The Labute approximate surface area is 69.3 Å². The molecule has 1 rings (SSSR count). The van der Waals surface area contributed by atoms with E-state index in [1.165, 1.54) is 12.4 Å². The van der Waals surface area contributed by atoms with Crippen LogP contribution < -0.4 is 5.73 Å². The molecule has 0 atom stereocenters. The van der Waals surface area contributed by atoms with Crippen molar-refractivity contribution < 1.29 is 4.92 Å². The van der Waals surface area contributed by atoms with Crippen molar-refractivity contribution in [2.24, 2.45) is 9.98 Å². The summed E-state index contributed by atoms with van der Waals surface area (Å²) in [7, 11) is 0. The van der Waals surface area contributed by atoms with E-state index >= 15 is 0 Å². The van der Waals surface area contributed by atoms with Gasteiger partial charge in [0.1, 0.15) is 0 Å². The molecular weight excluding hydrogens is 160 g/mol. The summed E-state index contributed by atoms with van der Waals surface area (Å²) in [6.07, 6.45) is 3.30. The highest BCUT2D eigenvalue weighted by atomic mass is 16.6. The van der Waals surface area contributed by atoms with E-state index in [0.717, 1.165) is 0 Å². The third-order valence-corrected chi connectivity index (χ3v) is 1.61. The Bertz CT molecular complexity index is 224. The van der Waals surface area contributed by atoms with Crippen LogP contribution in [0.2, 0.25) is 0 Å². The Morgan fingerprint density at radius 2 is 2.08 bits per heavy atom. The normalized spacial score (nSPS) is 18.4. The number of hydrogen-bond donors (Lipinski definition) is 0. The molecule has 0 spiro atoms. The second kappa shape index (κ2) is 3.40. The Morgan fingerprint density at radius 1 is 1.50 bits per heavy atom. The quantitative estimate of drug-likeness (QED) is 0.442. The molecule has 0 aromatic rings. The molecule has 0 fully saturated rings. The molecule has 1 aliphatic heterocycles. The minimum atomic E-state index is -1.51. The van der Waals surface area contributed by atoms with Gasteiger partial charge in [-0.25, -0.2) is 0 Å². The van der Waals surface area contributed by atoms with E-state index in [1.54, 1.807) is 0 Å². The molecule has 0 aromatic heterocycles. The molecule has 0 saturated carbocycles. The lowest BCUT2D eigenvalue weighted by atomic mass is 10.2. The SMILES string of the molecule is [NH]CCCC1([N+](=O)[O-])N=CC=N1. The van der Waals surface area contributed by atoms with E-state index in [1.807, 2.05) is 0 Å². The Hall–Kier alpha value is -1.30. The molecule has 0 aromatic carbocycles. The van der Waals surface area contributed by atoms with Crippen molar-refractivity contribution in [3.8, 4) is 0 Å². The van der Waals surface area contributed by atoms with Gasteiger partial charge in [0.2, 0.25) is 0 Å². The van der Waals surface area contributed by atoms with Crippen molar-refractivity contribution >= 4 is 12.4 Å². The fourth-order valence-electron chi connectivity index (χ4n) is 0.979. The highest BCUT2D eigenvalue weighted by Crippen LogP contribution is 2.22. The number of rotatable bonds is 4. The van der Waals surface area contributed by atoms with Gasteiger partial charge in [0.25, 0.3) is 0 Å². The smallest absolute Gasteiger partial charge is 0.260 e. The predicted octanol–water partition coefficient (Wildman–Crippen LogP) is 0.135. The third-order valence-electron chi connectivity index (χ3n) is 1.61. The van der Waals surface area contributed by atoms with Gasteiger partial charge >= 0.3 is 5.79 Å². The van der Waals surface area contributed by atoms with Gasteiger partial charge in [-0.1, -0.05) is 0 Å². The van der Waals surface area contributed by atoms with Crippen molar-refractivity contribution in [1.82, 2.24) is 5.73 Å². The maximum absolute atomic E-state index is 10.5. The van der Waals surface area contributed by atoms with Crippen LogP contribution in [0.15, 0.2) is 9.98 Å². The first-order chi connectivity index (χ1) is 5.71. The van der Waals surface area contributed by atoms with Gasteiger partial charge in [-0.15, -0.1) is 0 Å². The fraction of sp³-hybridized carbons (Fsp3) is 0.667. The number of aliphatic imine (C=N–C) groups is 2. The number of nitro groups is 1. The van der Waals surface area contributed by atoms with Gasteiger partial charge in [0, 0.05) is 19.0 Å². The second-order valence-electron chi connectivity index (χ2n) is 2.44. The van der Waals surface area contributed by atoms with E-state index in [9.17, 15) is 10.1 Å². The number of hydrogen-bond acceptors (Lipinski definition) is 4. The molecule has 0 bridgehead atoms. The van der Waals surface area contributed by atoms with Gasteiger partial charge in [0.05, 0.1) is 11.3 Å².